The Kier molecular flexibility index (Phi) is 6.25. The number of nitro groups is 1. The molecule has 1 aliphatic heterocycles. The number of rotatable bonds is 5. The maximum atomic E-state index is 11.8. The number of halogens is 1. The molecule has 9 heteroatoms. The summed E-state index contributed by atoms with van der Waals surface area (Å²) in [5.41, 5.74) is 2.51. The second kappa shape index (κ2) is 8.39. The molecule has 1 saturated heterocycles. The van der Waals surface area contributed by atoms with Crippen molar-refractivity contribution < 1.29 is 14.5 Å². The van der Waals surface area contributed by atoms with Crippen molar-refractivity contribution in [1.82, 2.24) is 10.3 Å². The number of likely N-dealkylation sites (tertiary alicyclic amines) is 1. The summed E-state index contributed by atoms with van der Waals surface area (Å²) in [4.78, 5) is 35.4. The minimum atomic E-state index is -0.594. The first-order valence-electron chi connectivity index (χ1n) is 7.51. The molecule has 1 N–H and O–H groups in total. The van der Waals surface area contributed by atoms with Crippen LogP contribution in [0.3, 0.4) is 0 Å². The maximum Gasteiger partial charge on any atom is 0.288 e. The van der Waals surface area contributed by atoms with Gasteiger partial charge in [0, 0.05) is 24.6 Å². The van der Waals surface area contributed by atoms with Gasteiger partial charge in [0.25, 0.3) is 11.6 Å². The summed E-state index contributed by atoms with van der Waals surface area (Å²) < 4.78 is 0. The molecule has 0 atom stereocenters. The van der Waals surface area contributed by atoms with E-state index in [1.807, 2.05) is 0 Å². The average molecular weight is 353 g/mol. The van der Waals surface area contributed by atoms with Crippen molar-refractivity contribution in [2.75, 3.05) is 13.1 Å². The SMILES string of the molecule is O=C(CN1CCCCCC1=O)N/N=C\c1ccc(Cl)c([N+](=O)[O-])c1. The number of nitrogens with one attached hydrogen (secondary N) is 1. The summed E-state index contributed by atoms with van der Waals surface area (Å²) in [6, 6.07) is 4.19. The first kappa shape index (κ1) is 17.9. The number of nitro benzene ring substituents is 1. The number of amides is 2. The van der Waals surface area contributed by atoms with E-state index >= 15 is 0 Å². The minimum Gasteiger partial charge on any atom is -0.333 e. The van der Waals surface area contributed by atoms with Crippen molar-refractivity contribution in [3.63, 3.8) is 0 Å². The largest absolute Gasteiger partial charge is 0.333 e. The molecule has 24 heavy (non-hydrogen) atoms. The lowest BCUT2D eigenvalue weighted by molar-refractivity contribution is -0.384. The monoisotopic (exact) mass is 352 g/mol. The summed E-state index contributed by atoms with van der Waals surface area (Å²) in [5, 5.41) is 14.6. The van der Waals surface area contributed by atoms with Gasteiger partial charge in [-0.05, 0) is 18.9 Å². The first-order valence-corrected chi connectivity index (χ1v) is 7.89. The predicted molar refractivity (Wildman–Crippen MR) is 88.9 cm³/mol. The van der Waals surface area contributed by atoms with Crippen LogP contribution in [0, 0.1) is 10.1 Å². The Bertz CT molecular complexity index is 677. The first-order chi connectivity index (χ1) is 11.5. The van der Waals surface area contributed by atoms with E-state index in [1.165, 1.54) is 23.2 Å². The number of hydrazone groups is 1. The van der Waals surface area contributed by atoms with Gasteiger partial charge in [-0.1, -0.05) is 24.1 Å². The van der Waals surface area contributed by atoms with Gasteiger partial charge in [0.2, 0.25) is 5.91 Å². The second-order valence-corrected chi connectivity index (χ2v) is 5.79. The lowest BCUT2D eigenvalue weighted by Crippen LogP contribution is -2.39. The van der Waals surface area contributed by atoms with Crippen LogP contribution in [0.1, 0.15) is 31.2 Å². The molecule has 2 amide bonds. The molecule has 128 valence electrons. The van der Waals surface area contributed by atoms with Crippen LogP contribution >= 0.6 is 11.6 Å². The fourth-order valence-electron chi connectivity index (χ4n) is 2.34. The Balaban J connectivity index is 1.91. The van der Waals surface area contributed by atoms with Gasteiger partial charge in [-0.25, -0.2) is 5.43 Å². The number of carbonyl (C=O) groups is 2. The van der Waals surface area contributed by atoms with E-state index in [2.05, 4.69) is 10.5 Å². The van der Waals surface area contributed by atoms with Gasteiger partial charge in [0.1, 0.15) is 11.6 Å². The van der Waals surface area contributed by atoms with Crippen LogP contribution in [0.25, 0.3) is 0 Å². The van der Waals surface area contributed by atoms with Crippen molar-refractivity contribution >= 4 is 35.3 Å². The van der Waals surface area contributed by atoms with Crippen LogP contribution in [-0.4, -0.2) is 40.9 Å². The highest BCUT2D eigenvalue weighted by atomic mass is 35.5. The third kappa shape index (κ3) is 5.02. The fourth-order valence-corrected chi connectivity index (χ4v) is 2.53. The third-order valence-corrected chi connectivity index (χ3v) is 3.90. The standard InChI is InChI=1S/C15H17ClN4O4/c16-12-6-5-11(8-13(12)20(23)24)9-17-18-14(21)10-19-7-3-1-2-4-15(19)22/h5-6,8-9H,1-4,7,10H2,(H,18,21)/b17-9-. The topological polar surface area (TPSA) is 105 Å². The van der Waals surface area contributed by atoms with E-state index in [-0.39, 0.29) is 23.2 Å². The zero-order valence-corrected chi connectivity index (χ0v) is 13.7. The second-order valence-electron chi connectivity index (χ2n) is 5.39. The van der Waals surface area contributed by atoms with Crippen LogP contribution in [0.5, 0.6) is 0 Å². The number of nitrogens with zero attached hydrogens (tertiary/aromatic N) is 3. The van der Waals surface area contributed by atoms with E-state index in [4.69, 9.17) is 11.6 Å². The third-order valence-electron chi connectivity index (χ3n) is 3.58. The molecule has 1 fully saturated rings. The molecular formula is C15H17ClN4O4. The summed E-state index contributed by atoms with van der Waals surface area (Å²) in [5.74, 6) is -0.440. The van der Waals surface area contributed by atoms with E-state index in [0.29, 0.717) is 18.5 Å². The molecule has 0 bridgehead atoms. The van der Waals surface area contributed by atoms with Crippen LogP contribution in [-0.2, 0) is 9.59 Å². The summed E-state index contributed by atoms with van der Waals surface area (Å²) in [6.07, 6.45) is 4.47. The van der Waals surface area contributed by atoms with Crippen LogP contribution in [0.15, 0.2) is 23.3 Å². The van der Waals surface area contributed by atoms with E-state index in [0.717, 1.165) is 19.3 Å². The molecule has 0 spiro atoms. The summed E-state index contributed by atoms with van der Waals surface area (Å²) >= 11 is 5.72. The zero-order chi connectivity index (χ0) is 17.5. The van der Waals surface area contributed by atoms with Gasteiger partial charge >= 0.3 is 0 Å². The van der Waals surface area contributed by atoms with Crippen molar-refractivity contribution in [3.05, 3.63) is 38.9 Å². The lowest BCUT2D eigenvalue weighted by Gasteiger charge is -2.18. The van der Waals surface area contributed by atoms with Gasteiger partial charge in [-0.15, -0.1) is 0 Å². The van der Waals surface area contributed by atoms with Crippen molar-refractivity contribution in [2.45, 2.75) is 25.7 Å². The van der Waals surface area contributed by atoms with E-state index < -0.39 is 10.8 Å². The van der Waals surface area contributed by atoms with E-state index in [9.17, 15) is 19.7 Å². The van der Waals surface area contributed by atoms with Gasteiger partial charge in [-0.3, -0.25) is 19.7 Å². The van der Waals surface area contributed by atoms with Crippen LogP contribution < -0.4 is 5.43 Å². The molecule has 0 aromatic heterocycles. The predicted octanol–water partition coefficient (Wildman–Crippen LogP) is 2.10. The highest BCUT2D eigenvalue weighted by Gasteiger charge is 2.18. The molecule has 1 aromatic carbocycles. The number of hydrogen-bond donors (Lipinski definition) is 1. The van der Waals surface area contributed by atoms with Crippen LogP contribution in [0.2, 0.25) is 5.02 Å². The summed E-state index contributed by atoms with van der Waals surface area (Å²) in [7, 11) is 0. The molecule has 8 nitrogen and oxygen atoms in total. The Morgan fingerprint density at radius 3 is 2.96 bits per heavy atom. The summed E-state index contributed by atoms with van der Waals surface area (Å²) in [6.45, 7) is 0.524. The smallest absolute Gasteiger partial charge is 0.288 e. The van der Waals surface area contributed by atoms with Crippen LogP contribution in [0.4, 0.5) is 5.69 Å². The quantitative estimate of drug-likeness (QED) is 0.497. The Morgan fingerprint density at radius 1 is 1.42 bits per heavy atom. The average Bonchev–Trinajstić information content (AvgIpc) is 2.73. The van der Waals surface area contributed by atoms with E-state index in [1.54, 1.807) is 6.07 Å². The normalized spacial score (nSPS) is 15.4. The zero-order valence-electron chi connectivity index (χ0n) is 12.9. The van der Waals surface area contributed by atoms with Gasteiger partial charge in [-0.2, -0.15) is 5.10 Å². The Labute approximate surface area is 143 Å². The highest BCUT2D eigenvalue weighted by Crippen LogP contribution is 2.24. The molecule has 1 aromatic rings. The number of benzene rings is 1. The molecule has 1 aliphatic rings. The Hall–Kier alpha value is -2.48. The minimum absolute atomic E-state index is 0.0278. The highest BCUT2D eigenvalue weighted by molar-refractivity contribution is 6.32. The molecule has 0 unspecified atom stereocenters. The molecule has 2 rings (SSSR count). The van der Waals surface area contributed by atoms with Crippen molar-refractivity contribution in [2.24, 2.45) is 5.10 Å². The van der Waals surface area contributed by atoms with Crippen molar-refractivity contribution in [3.8, 4) is 0 Å². The molecule has 0 saturated carbocycles. The molecular weight excluding hydrogens is 336 g/mol. The fraction of sp³-hybridized carbons (Fsp3) is 0.400. The maximum absolute atomic E-state index is 11.8. The van der Waals surface area contributed by atoms with Gasteiger partial charge in [0.15, 0.2) is 0 Å². The van der Waals surface area contributed by atoms with Crippen molar-refractivity contribution in [1.29, 1.82) is 0 Å². The van der Waals surface area contributed by atoms with Gasteiger partial charge in [0.05, 0.1) is 11.1 Å². The number of carbonyl (C=O) groups excluding carboxylic acids is 2. The lowest BCUT2D eigenvalue weighted by atomic mass is 10.2. The molecule has 1 heterocycles. The molecule has 0 radical (unpaired) electrons. The molecule has 0 aliphatic carbocycles. The van der Waals surface area contributed by atoms with Gasteiger partial charge < -0.3 is 4.90 Å². The Morgan fingerprint density at radius 2 is 2.21 bits per heavy atom. The number of hydrogen-bond acceptors (Lipinski definition) is 5.